The van der Waals surface area contributed by atoms with Crippen LogP contribution in [0.3, 0.4) is 0 Å². The minimum absolute atomic E-state index is 0.00480. The molecule has 0 spiro atoms. The van der Waals surface area contributed by atoms with Gasteiger partial charge in [-0.3, -0.25) is 0 Å². The number of nitrogens with two attached hydrogens (primary N) is 1. The molecule has 0 bridgehead atoms. The highest BCUT2D eigenvalue weighted by Crippen LogP contribution is 2.18. The highest BCUT2D eigenvalue weighted by Gasteiger charge is 2.03. The number of hydrogen-bond acceptors (Lipinski definition) is 3. The Kier molecular flexibility index (Phi) is 4.33. The Hall–Kier alpha value is -1.39. The van der Waals surface area contributed by atoms with E-state index in [0.29, 0.717) is 12.5 Å². The highest BCUT2D eigenvalue weighted by molar-refractivity contribution is 9.10. The maximum Gasteiger partial charge on any atom is 0.213 e. The molecular weight excluding hydrogens is 292 g/mol. The number of ether oxygens (including phenoxy) is 1. The van der Waals surface area contributed by atoms with E-state index in [0.717, 1.165) is 15.6 Å². The lowest BCUT2D eigenvalue weighted by Gasteiger charge is -2.08. The zero-order valence-corrected chi connectivity index (χ0v) is 11.7. The van der Waals surface area contributed by atoms with Crippen molar-refractivity contribution in [2.45, 2.75) is 19.6 Å². The molecule has 1 aromatic carbocycles. The smallest absolute Gasteiger partial charge is 0.213 e. The Labute approximate surface area is 115 Å². The van der Waals surface area contributed by atoms with Crippen molar-refractivity contribution in [2.24, 2.45) is 5.73 Å². The molecule has 0 aliphatic rings. The van der Waals surface area contributed by atoms with E-state index in [1.807, 2.05) is 43.3 Å². The van der Waals surface area contributed by atoms with E-state index in [9.17, 15) is 0 Å². The summed E-state index contributed by atoms with van der Waals surface area (Å²) in [6.45, 7) is 2.42. The van der Waals surface area contributed by atoms with Crippen LogP contribution in [0.2, 0.25) is 0 Å². The summed E-state index contributed by atoms with van der Waals surface area (Å²) in [7, 11) is 0. The molecule has 0 aliphatic heterocycles. The molecule has 0 unspecified atom stereocenters. The third kappa shape index (κ3) is 3.31. The molecule has 2 N–H and O–H groups in total. The third-order valence-electron chi connectivity index (χ3n) is 2.62. The van der Waals surface area contributed by atoms with Crippen molar-refractivity contribution in [2.75, 3.05) is 0 Å². The monoisotopic (exact) mass is 306 g/mol. The number of hydrogen-bond donors (Lipinski definition) is 1. The number of pyridine rings is 1. The van der Waals surface area contributed by atoms with Gasteiger partial charge in [-0.2, -0.15) is 0 Å². The lowest BCUT2D eigenvalue weighted by atomic mass is 10.2. The molecular formula is C14H15BrN2O. The Balaban J connectivity index is 2.00. The van der Waals surface area contributed by atoms with Crippen molar-refractivity contribution in [1.82, 2.24) is 4.98 Å². The van der Waals surface area contributed by atoms with Gasteiger partial charge in [0.05, 0.1) is 0 Å². The molecule has 0 amide bonds. The van der Waals surface area contributed by atoms with Crippen molar-refractivity contribution in [1.29, 1.82) is 0 Å². The lowest BCUT2D eigenvalue weighted by Crippen LogP contribution is -2.05. The molecule has 1 aromatic heterocycles. The van der Waals surface area contributed by atoms with Gasteiger partial charge in [0.1, 0.15) is 6.61 Å². The van der Waals surface area contributed by atoms with Gasteiger partial charge in [0.2, 0.25) is 5.88 Å². The van der Waals surface area contributed by atoms with Gasteiger partial charge in [-0.1, -0.05) is 40.2 Å². The van der Waals surface area contributed by atoms with E-state index in [-0.39, 0.29) is 6.04 Å². The Morgan fingerprint density at radius 2 is 2.06 bits per heavy atom. The van der Waals surface area contributed by atoms with E-state index < -0.39 is 0 Å². The number of rotatable bonds is 4. The molecule has 0 saturated carbocycles. The Morgan fingerprint density at radius 3 is 2.67 bits per heavy atom. The van der Waals surface area contributed by atoms with Crippen molar-refractivity contribution in [3.05, 3.63) is 58.2 Å². The normalized spacial score (nSPS) is 12.2. The summed E-state index contributed by atoms with van der Waals surface area (Å²) in [6.07, 6.45) is 1.75. The summed E-state index contributed by atoms with van der Waals surface area (Å²) in [5.41, 5.74) is 7.86. The predicted octanol–water partition coefficient (Wildman–Crippen LogP) is 3.44. The molecule has 0 aliphatic carbocycles. The van der Waals surface area contributed by atoms with Gasteiger partial charge in [-0.05, 0) is 18.6 Å². The SMILES string of the molecule is C[C@H](N)c1ccc(OCc2ccccc2Br)nc1. The average molecular weight is 307 g/mol. The zero-order valence-electron chi connectivity index (χ0n) is 10.1. The molecule has 18 heavy (non-hydrogen) atoms. The molecule has 0 saturated heterocycles. The molecule has 2 rings (SSSR count). The van der Waals surface area contributed by atoms with E-state index in [1.165, 1.54) is 0 Å². The molecule has 1 heterocycles. The van der Waals surface area contributed by atoms with Crippen LogP contribution in [0, 0.1) is 0 Å². The van der Waals surface area contributed by atoms with Gasteiger partial charge in [-0.15, -0.1) is 0 Å². The minimum Gasteiger partial charge on any atom is -0.473 e. The van der Waals surface area contributed by atoms with Crippen LogP contribution in [0.15, 0.2) is 47.1 Å². The summed E-state index contributed by atoms with van der Waals surface area (Å²) < 4.78 is 6.66. The molecule has 3 nitrogen and oxygen atoms in total. The van der Waals surface area contributed by atoms with Crippen LogP contribution in [0.1, 0.15) is 24.1 Å². The summed E-state index contributed by atoms with van der Waals surface area (Å²) in [5, 5.41) is 0. The zero-order chi connectivity index (χ0) is 13.0. The summed E-state index contributed by atoms with van der Waals surface area (Å²) in [4.78, 5) is 4.23. The number of aromatic nitrogens is 1. The topological polar surface area (TPSA) is 48.1 Å². The standard InChI is InChI=1S/C14H15BrN2O/c1-10(16)11-6-7-14(17-8-11)18-9-12-4-2-3-5-13(12)15/h2-8,10H,9,16H2,1H3/t10-/m0/s1. The van der Waals surface area contributed by atoms with Crippen molar-refractivity contribution in [3.8, 4) is 5.88 Å². The van der Waals surface area contributed by atoms with Gasteiger partial charge in [0, 0.05) is 28.3 Å². The second kappa shape index (κ2) is 5.98. The van der Waals surface area contributed by atoms with E-state index in [2.05, 4.69) is 20.9 Å². The number of halogens is 1. The van der Waals surface area contributed by atoms with Gasteiger partial charge in [0.25, 0.3) is 0 Å². The molecule has 1 atom stereocenters. The van der Waals surface area contributed by atoms with Crippen LogP contribution in [-0.4, -0.2) is 4.98 Å². The molecule has 0 radical (unpaired) electrons. The van der Waals surface area contributed by atoms with E-state index in [4.69, 9.17) is 10.5 Å². The van der Waals surface area contributed by atoms with Crippen molar-refractivity contribution < 1.29 is 4.74 Å². The first-order valence-corrected chi connectivity index (χ1v) is 6.54. The number of nitrogens with zero attached hydrogens (tertiary/aromatic N) is 1. The first-order valence-electron chi connectivity index (χ1n) is 5.74. The van der Waals surface area contributed by atoms with Crippen LogP contribution in [0.4, 0.5) is 0 Å². The van der Waals surface area contributed by atoms with Gasteiger partial charge < -0.3 is 10.5 Å². The molecule has 94 valence electrons. The number of benzene rings is 1. The third-order valence-corrected chi connectivity index (χ3v) is 3.39. The molecule has 0 fully saturated rings. The highest BCUT2D eigenvalue weighted by atomic mass is 79.9. The van der Waals surface area contributed by atoms with Crippen molar-refractivity contribution >= 4 is 15.9 Å². The van der Waals surface area contributed by atoms with Crippen LogP contribution < -0.4 is 10.5 Å². The van der Waals surface area contributed by atoms with Crippen LogP contribution >= 0.6 is 15.9 Å². The summed E-state index contributed by atoms with van der Waals surface area (Å²) >= 11 is 3.48. The maximum atomic E-state index is 5.76. The van der Waals surface area contributed by atoms with Crippen LogP contribution in [0.5, 0.6) is 5.88 Å². The van der Waals surface area contributed by atoms with Gasteiger partial charge in [-0.25, -0.2) is 4.98 Å². The fourth-order valence-corrected chi connectivity index (χ4v) is 1.91. The first kappa shape index (κ1) is 13.1. The van der Waals surface area contributed by atoms with Gasteiger partial charge in [0.15, 0.2) is 0 Å². The first-order chi connectivity index (χ1) is 8.66. The van der Waals surface area contributed by atoms with E-state index >= 15 is 0 Å². The van der Waals surface area contributed by atoms with Crippen molar-refractivity contribution in [3.63, 3.8) is 0 Å². The fraction of sp³-hybridized carbons (Fsp3) is 0.214. The largest absolute Gasteiger partial charge is 0.473 e. The van der Waals surface area contributed by atoms with E-state index in [1.54, 1.807) is 6.20 Å². The molecule has 2 aromatic rings. The summed E-state index contributed by atoms with van der Waals surface area (Å²) in [5.74, 6) is 0.607. The Bertz CT molecular complexity index is 511. The fourth-order valence-electron chi connectivity index (χ4n) is 1.51. The maximum absolute atomic E-state index is 5.76. The minimum atomic E-state index is -0.00480. The van der Waals surface area contributed by atoms with Crippen LogP contribution in [-0.2, 0) is 6.61 Å². The average Bonchev–Trinajstić information content (AvgIpc) is 2.38. The lowest BCUT2D eigenvalue weighted by molar-refractivity contribution is 0.293. The second-order valence-corrected chi connectivity index (χ2v) is 4.95. The van der Waals surface area contributed by atoms with Crippen LogP contribution in [0.25, 0.3) is 0 Å². The predicted molar refractivity (Wildman–Crippen MR) is 75.3 cm³/mol. The van der Waals surface area contributed by atoms with Gasteiger partial charge >= 0.3 is 0 Å². The quantitative estimate of drug-likeness (QED) is 0.941. The Morgan fingerprint density at radius 1 is 1.28 bits per heavy atom. The summed E-state index contributed by atoms with van der Waals surface area (Å²) in [6, 6.07) is 11.7. The molecule has 4 heteroatoms. The second-order valence-electron chi connectivity index (χ2n) is 4.10.